The molecular weight excluding hydrogens is 402 g/mol. The zero-order valence-electron chi connectivity index (χ0n) is 15.6. The zero-order valence-corrected chi connectivity index (χ0v) is 16.5. The summed E-state index contributed by atoms with van der Waals surface area (Å²) in [6, 6.07) is 8.25. The fourth-order valence-corrected chi connectivity index (χ4v) is 4.51. The van der Waals surface area contributed by atoms with E-state index in [1.54, 1.807) is 12.1 Å². The minimum atomic E-state index is -3.21. The fourth-order valence-electron chi connectivity index (χ4n) is 3.67. The van der Waals surface area contributed by atoms with Crippen molar-refractivity contribution in [2.75, 3.05) is 24.2 Å². The lowest BCUT2D eigenvalue weighted by molar-refractivity contribution is 0.399. The van der Waals surface area contributed by atoms with Gasteiger partial charge in [-0.2, -0.15) is 5.10 Å². The molecule has 0 unspecified atom stereocenters. The number of benzene rings is 2. The number of aromatic hydroxyl groups is 1. The van der Waals surface area contributed by atoms with Crippen molar-refractivity contribution in [3.63, 3.8) is 0 Å². The molecular formula is C19H20F2N4O3S. The Morgan fingerprint density at radius 2 is 1.76 bits per heavy atom. The summed E-state index contributed by atoms with van der Waals surface area (Å²) in [6.45, 7) is 1.41. The van der Waals surface area contributed by atoms with Crippen LogP contribution in [0.15, 0.2) is 36.5 Å². The second-order valence-electron chi connectivity index (χ2n) is 7.18. The molecule has 1 fully saturated rings. The summed E-state index contributed by atoms with van der Waals surface area (Å²) in [6.07, 6.45) is 3.91. The Hall–Kier alpha value is -2.72. The topological polar surface area (TPSA) is 87.5 Å². The van der Waals surface area contributed by atoms with Gasteiger partial charge in [0.05, 0.1) is 18.1 Å². The lowest BCUT2D eigenvalue weighted by Crippen LogP contribution is -2.44. The molecule has 2 aromatic carbocycles. The molecule has 0 aliphatic carbocycles. The van der Waals surface area contributed by atoms with Crippen LogP contribution in [0.1, 0.15) is 12.8 Å². The Kier molecular flexibility index (Phi) is 4.91. The number of anilines is 1. The van der Waals surface area contributed by atoms with Gasteiger partial charge in [-0.25, -0.2) is 26.6 Å². The molecule has 1 saturated heterocycles. The van der Waals surface area contributed by atoms with E-state index in [-0.39, 0.29) is 16.9 Å². The van der Waals surface area contributed by atoms with E-state index in [0.717, 1.165) is 18.0 Å². The molecule has 0 amide bonds. The molecule has 2 N–H and O–H groups in total. The molecule has 10 heteroatoms. The first kappa shape index (κ1) is 19.6. The number of rotatable bonds is 4. The van der Waals surface area contributed by atoms with Crippen LogP contribution in [0.3, 0.4) is 0 Å². The van der Waals surface area contributed by atoms with Gasteiger partial charge >= 0.3 is 0 Å². The van der Waals surface area contributed by atoms with Crippen molar-refractivity contribution in [1.82, 2.24) is 14.5 Å². The number of nitrogens with one attached hydrogen (secondary N) is 1. The SMILES string of the molecule is CS(=O)(=O)NC1CCN(c2ccc(-n3ncc4cc(F)c(O)c(F)c43)cc2)CC1. The van der Waals surface area contributed by atoms with E-state index in [2.05, 4.69) is 14.7 Å². The van der Waals surface area contributed by atoms with Crippen LogP contribution >= 0.6 is 0 Å². The average Bonchev–Trinajstić information content (AvgIpc) is 3.09. The summed E-state index contributed by atoms with van der Waals surface area (Å²) in [7, 11) is -3.21. The summed E-state index contributed by atoms with van der Waals surface area (Å²) in [5, 5.41) is 13.9. The monoisotopic (exact) mass is 422 g/mol. The van der Waals surface area contributed by atoms with E-state index in [1.807, 2.05) is 12.1 Å². The molecule has 0 bridgehead atoms. The van der Waals surface area contributed by atoms with Gasteiger partial charge in [0.2, 0.25) is 10.0 Å². The van der Waals surface area contributed by atoms with Gasteiger partial charge in [-0.15, -0.1) is 0 Å². The Bertz CT molecular complexity index is 1150. The minimum absolute atomic E-state index is 0.00399. The lowest BCUT2D eigenvalue weighted by Gasteiger charge is -2.33. The van der Waals surface area contributed by atoms with E-state index < -0.39 is 27.4 Å². The Balaban J connectivity index is 1.54. The molecule has 3 aromatic rings. The maximum atomic E-state index is 14.4. The smallest absolute Gasteiger partial charge is 0.208 e. The molecule has 0 spiro atoms. The third-order valence-corrected chi connectivity index (χ3v) is 5.82. The number of sulfonamides is 1. The van der Waals surface area contributed by atoms with Crippen molar-refractivity contribution in [2.45, 2.75) is 18.9 Å². The van der Waals surface area contributed by atoms with Crippen molar-refractivity contribution < 1.29 is 22.3 Å². The third kappa shape index (κ3) is 3.90. The van der Waals surface area contributed by atoms with Gasteiger partial charge < -0.3 is 10.0 Å². The number of hydrogen-bond donors (Lipinski definition) is 2. The molecule has 29 heavy (non-hydrogen) atoms. The molecule has 154 valence electrons. The van der Waals surface area contributed by atoms with Gasteiger partial charge in [0.25, 0.3) is 0 Å². The second kappa shape index (κ2) is 7.27. The average molecular weight is 422 g/mol. The Morgan fingerprint density at radius 1 is 1.14 bits per heavy atom. The van der Waals surface area contributed by atoms with Gasteiger partial charge in [-0.1, -0.05) is 0 Å². The quantitative estimate of drug-likeness (QED) is 0.675. The first-order chi connectivity index (χ1) is 13.7. The van der Waals surface area contributed by atoms with Crippen LogP contribution in [0.25, 0.3) is 16.6 Å². The van der Waals surface area contributed by atoms with Gasteiger partial charge in [0.15, 0.2) is 17.4 Å². The summed E-state index contributed by atoms with van der Waals surface area (Å²) >= 11 is 0. The largest absolute Gasteiger partial charge is 0.503 e. The number of phenolic OH excluding ortho intramolecular Hbond substituents is 1. The van der Waals surface area contributed by atoms with Crippen molar-refractivity contribution in [2.24, 2.45) is 0 Å². The van der Waals surface area contributed by atoms with Crippen LogP contribution in [-0.2, 0) is 10.0 Å². The highest BCUT2D eigenvalue weighted by molar-refractivity contribution is 7.88. The molecule has 1 aliphatic heterocycles. The minimum Gasteiger partial charge on any atom is -0.503 e. The van der Waals surface area contributed by atoms with Crippen molar-refractivity contribution in [1.29, 1.82) is 0 Å². The highest BCUT2D eigenvalue weighted by Crippen LogP contribution is 2.30. The lowest BCUT2D eigenvalue weighted by atomic mass is 10.1. The molecule has 0 radical (unpaired) electrons. The predicted molar refractivity (Wildman–Crippen MR) is 106 cm³/mol. The van der Waals surface area contributed by atoms with Crippen LogP contribution < -0.4 is 9.62 Å². The standard InChI is InChI=1S/C19H20F2N4O3S/c1-29(27,28)23-13-6-8-24(9-7-13)14-2-4-15(5-3-14)25-18-12(11-22-25)10-16(20)19(26)17(18)21/h2-5,10-11,13,23,26H,6-9H2,1H3. The molecule has 7 nitrogen and oxygen atoms in total. The molecule has 2 heterocycles. The zero-order chi connectivity index (χ0) is 20.8. The predicted octanol–water partition coefficient (Wildman–Crippen LogP) is 2.53. The first-order valence-electron chi connectivity index (χ1n) is 9.10. The molecule has 4 rings (SSSR count). The van der Waals surface area contributed by atoms with E-state index in [4.69, 9.17) is 0 Å². The first-order valence-corrected chi connectivity index (χ1v) is 11.0. The Labute approximate surface area is 166 Å². The molecule has 1 aliphatic rings. The number of piperidine rings is 1. The van der Waals surface area contributed by atoms with Crippen LogP contribution in [0, 0.1) is 11.6 Å². The van der Waals surface area contributed by atoms with Gasteiger partial charge in [-0.05, 0) is 43.2 Å². The van der Waals surface area contributed by atoms with E-state index in [0.29, 0.717) is 31.6 Å². The van der Waals surface area contributed by atoms with Gasteiger partial charge in [0, 0.05) is 30.2 Å². The highest BCUT2D eigenvalue weighted by Gasteiger charge is 2.22. The van der Waals surface area contributed by atoms with Gasteiger partial charge in [0.1, 0.15) is 5.52 Å². The summed E-state index contributed by atoms with van der Waals surface area (Å²) < 4.78 is 54.6. The number of halogens is 2. The number of phenols is 1. The van der Waals surface area contributed by atoms with E-state index in [9.17, 15) is 22.3 Å². The van der Waals surface area contributed by atoms with Crippen LogP contribution in [0.4, 0.5) is 14.5 Å². The molecule has 0 saturated carbocycles. The molecule has 0 atom stereocenters. The maximum Gasteiger partial charge on any atom is 0.208 e. The Morgan fingerprint density at radius 3 is 2.38 bits per heavy atom. The summed E-state index contributed by atoms with van der Waals surface area (Å²) in [5.41, 5.74) is 1.53. The number of aromatic nitrogens is 2. The van der Waals surface area contributed by atoms with Crippen LogP contribution in [0.5, 0.6) is 5.75 Å². The fraction of sp³-hybridized carbons (Fsp3) is 0.316. The normalized spacial score (nSPS) is 15.9. The third-order valence-electron chi connectivity index (χ3n) is 5.06. The summed E-state index contributed by atoms with van der Waals surface area (Å²) in [4.78, 5) is 2.15. The van der Waals surface area contributed by atoms with Gasteiger partial charge in [-0.3, -0.25) is 0 Å². The maximum absolute atomic E-state index is 14.4. The van der Waals surface area contributed by atoms with E-state index >= 15 is 0 Å². The van der Waals surface area contributed by atoms with E-state index in [1.165, 1.54) is 10.9 Å². The number of hydrogen-bond acceptors (Lipinski definition) is 5. The second-order valence-corrected chi connectivity index (χ2v) is 8.96. The highest BCUT2D eigenvalue weighted by atomic mass is 32.2. The van der Waals surface area contributed by atoms with Crippen molar-refractivity contribution >= 4 is 26.6 Å². The number of fused-ring (bicyclic) bond motifs is 1. The summed E-state index contributed by atoms with van der Waals surface area (Å²) in [5.74, 6) is -3.11. The van der Waals surface area contributed by atoms with Crippen LogP contribution in [0.2, 0.25) is 0 Å². The van der Waals surface area contributed by atoms with Crippen LogP contribution in [-0.4, -0.2) is 48.7 Å². The van der Waals surface area contributed by atoms with Crippen molar-refractivity contribution in [3.05, 3.63) is 48.2 Å². The van der Waals surface area contributed by atoms with Crippen molar-refractivity contribution in [3.8, 4) is 11.4 Å². The number of nitrogens with zero attached hydrogens (tertiary/aromatic N) is 3. The molecule has 1 aromatic heterocycles.